The molecule has 0 saturated carbocycles. The third-order valence-corrected chi connectivity index (χ3v) is 1.89. The van der Waals surface area contributed by atoms with Crippen molar-refractivity contribution in [3.05, 3.63) is 41.1 Å². The van der Waals surface area contributed by atoms with Gasteiger partial charge in [-0.3, -0.25) is 0 Å². The van der Waals surface area contributed by atoms with Crippen molar-refractivity contribution in [2.75, 3.05) is 6.61 Å². The summed E-state index contributed by atoms with van der Waals surface area (Å²) in [6, 6.07) is 4.83. The van der Waals surface area contributed by atoms with Gasteiger partial charge < -0.3 is 5.11 Å². The molecule has 0 atom stereocenters. The molecule has 1 N–H and O–H groups in total. The Morgan fingerprint density at radius 1 is 1.50 bits per heavy atom. The second kappa shape index (κ2) is 3.68. The Morgan fingerprint density at radius 2 is 2.17 bits per heavy atom. The Morgan fingerprint density at radius 3 is 2.67 bits per heavy atom. The van der Waals surface area contributed by atoms with E-state index in [9.17, 15) is 4.39 Å². The van der Waals surface area contributed by atoms with Crippen LogP contribution in [0.25, 0.3) is 0 Å². The van der Waals surface area contributed by atoms with Crippen LogP contribution in [0.2, 0.25) is 0 Å². The van der Waals surface area contributed by atoms with E-state index in [0.29, 0.717) is 5.56 Å². The van der Waals surface area contributed by atoms with E-state index in [1.54, 1.807) is 19.1 Å². The van der Waals surface area contributed by atoms with E-state index in [1.807, 2.05) is 6.92 Å². The zero-order valence-corrected chi connectivity index (χ0v) is 7.26. The molecule has 12 heavy (non-hydrogen) atoms. The first-order valence-corrected chi connectivity index (χ1v) is 3.85. The van der Waals surface area contributed by atoms with Crippen LogP contribution in [0.5, 0.6) is 0 Å². The molecular weight excluding hydrogens is 155 g/mol. The van der Waals surface area contributed by atoms with Gasteiger partial charge in [-0.2, -0.15) is 0 Å². The summed E-state index contributed by atoms with van der Waals surface area (Å²) in [5.41, 5.74) is 1.51. The monoisotopic (exact) mass is 167 g/mol. The van der Waals surface area contributed by atoms with Crippen molar-refractivity contribution < 1.29 is 9.50 Å². The average molecular weight is 167 g/mol. The summed E-state index contributed by atoms with van der Waals surface area (Å²) in [6.07, 6.45) is 0. The van der Waals surface area contributed by atoms with Gasteiger partial charge in [0.05, 0.1) is 6.61 Å². The molecule has 0 unspecified atom stereocenters. The number of rotatable bonds is 2. The zero-order chi connectivity index (χ0) is 9.14. The number of hydrogen-bond donors (Lipinski definition) is 1. The van der Waals surface area contributed by atoms with E-state index >= 15 is 0 Å². The maximum atomic E-state index is 12.8. The van der Waals surface area contributed by atoms with E-state index < -0.39 is 0 Å². The lowest BCUT2D eigenvalue weighted by atomic mass is 10.0. The topological polar surface area (TPSA) is 20.2 Å². The van der Waals surface area contributed by atoms with Gasteiger partial charge in [-0.25, -0.2) is 4.39 Å². The van der Waals surface area contributed by atoms with E-state index in [2.05, 4.69) is 0 Å². The Hall–Kier alpha value is -0.890. The van der Waals surface area contributed by atoms with Gasteiger partial charge in [0, 0.05) is 5.92 Å². The van der Waals surface area contributed by atoms with Gasteiger partial charge in [0.15, 0.2) is 0 Å². The Balaban J connectivity index is 2.96. The minimum Gasteiger partial charge on any atom is -0.395 e. The van der Waals surface area contributed by atoms with Crippen LogP contribution >= 0.6 is 0 Å². The molecule has 1 nitrogen and oxygen atoms in total. The summed E-state index contributed by atoms with van der Waals surface area (Å²) in [7, 11) is 0. The molecule has 1 radical (unpaired) electrons. The third-order valence-electron chi connectivity index (χ3n) is 1.89. The maximum absolute atomic E-state index is 12.8. The Bertz CT molecular complexity index is 271. The molecule has 0 aliphatic heterocycles. The van der Waals surface area contributed by atoms with Crippen LogP contribution in [0.1, 0.15) is 18.1 Å². The maximum Gasteiger partial charge on any atom is 0.126 e. The lowest BCUT2D eigenvalue weighted by Crippen LogP contribution is -2.00. The molecule has 0 fully saturated rings. The summed E-state index contributed by atoms with van der Waals surface area (Å²) in [5, 5.41) is 8.82. The molecule has 2 heteroatoms. The molecule has 0 aliphatic rings. The number of aliphatic hydroxyl groups is 1. The lowest BCUT2D eigenvalue weighted by molar-refractivity contribution is 0.315. The molecule has 0 spiro atoms. The van der Waals surface area contributed by atoms with Crippen molar-refractivity contribution >= 4 is 0 Å². The molecule has 0 heterocycles. The minimum absolute atomic E-state index is 0.0189. The highest BCUT2D eigenvalue weighted by atomic mass is 19.1. The van der Waals surface area contributed by atoms with Crippen LogP contribution < -0.4 is 0 Å². The highest BCUT2D eigenvalue weighted by Crippen LogP contribution is 2.16. The summed E-state index contributed by atoms with van der Waals surface area (Å²) >= 11 is 0. The standard InChI is InChI=1S/C10H12FO/c1-7-5-9(8(2)6-12)3-4-10(7)11/h3-5,12H,6H2,1-2H3. The predicted octanol–water partition coefficient (Wildman–Crippen LogP) is 2.07. The van der Waals surface area contributed by atoms with E-state index in [4.69, 9.17) is 5.11 Å². The predicted molar refractivity (Wildman–Crippen MR) is 46.2 cm³/mol. The zero-order valence-electron chi connectivity index (χ0n) is 7.26. The first kappa shape index (κ1) is 9.20. The number of benzene rings is 1. The van der Waals surface area contributed by atoms with Crippen LogP contribution in [0.4, 0.5) is 4.39 Å². The SMILES string of the molecule is C[C](CO)c1ccc(F)c(C)c1. The Kier molecular flexibility index (Phi) is 2.82. The highest BCUT2D eigenvalue weighted by molar-refractivity contribution is 5.33. The highest BCUT2D eigenvalue weighted by Gasteiger charge is 2.05. The van der Waals surface area contributed by atoms with E-state index in [1.165, 1.54) is 6.07 Å². The molecule has 1 rings (SSSR count). The fourth-order valence-electron chi connectivity index (χ4n) is 1.00. The normalized spacial score (nSPS) is 10.8. The molecule has 0 saturated heterocycles. The smallest absolute Gasteiger partial charge is 0.126 e. The van der Waals surface area contributed by atoms with Crippen LogP contribution in [0.3, 0.4) is 0 Å². The summed E-state index contributed by atoms with van der Waals surface area (Å²) in [5.74, 6) is 0.655. The quantitative estimate of drug-likeness (QED) is 0.714. The van der Waals surface area contributed by atoms with Gasteiger partial charge in [0.25, 0.3) is 0 Å². The largest absolute Gasteiger partial charge is 0.395 e. The molecule has 1 aromatic carbocycles. The van der Waals surface area contributed by atoms with Crippen molar-refractivity contribution in [1.82, 2.24) is 0 Å². The second-order valence-electron chi connectivity index (χ2n) is 2.90. The first-order chi connectivity index (χ1) is 5.65. The number of aryl methyl sites for hydroxylation is 1. The van der Waals surface area contributed by atoms with Crippen molar-refractivity contribution in [2.45, 2.75) is 13.8 Å². The van der Waals surface area contributed by atoms with Crippen molar-refractivity contribution in [2.24, 2.45) is 0 Å². The van der Waals surface area contributed by atoms with Crippen molar-refractivity contribution in [3.63, 3.8) is 0 Å². The molecule has 1 aromatic rings. The summed E-state index contributed by atoms with van der Waals surface area (Å²) in [4.78, 5) is 0. The number of aliphatic hydroxyl groups excluding tert-OH is 1. The molecule has 0 aromatic heterocycles. The lowest BCUT2D eigenvalue weighted by Gasteiger charge is -2.08. The summed E-state index contributed by atoms with van der Waals surface area (Å²) in [6.45, 7) is 3.56. The number of hydrogen-bond acceptors (Lipinski definition) is 1. The van der Waals surface area contributed by atoms with Gasteiger partial charge in [-0.1, -0.05) is 19.1 Å². The molecule has 0 aliphatic carbocycles. The van der Waals surface area contributed by atoms with E-state index in [-0.39, 0.29) is 12.4 Å². The van der Waals surface area contributed by atoms with Gasteiger partial charge in [-0.15, -0.1) is 0 Å². The van der Waals surface area contributed by atoms with Crippen LogP contribution in [-0.4, -0.2) is 11.7 Å². The van der Waals surface area contributed by atoms with E-state index in [0.717, 1.165) is 11.5 Å². The average Bonchev–Trinajstić information content (AvgIpc) is 2.08. The first-order valence-electron chi connectivity index (χ1n) is 3.85. The van der Waals surface area contributed by atoms with Gasteiger partial charge in [0.1, 0.15) is 5.82 Å². The molecule has 0 amide bonds. The van der Waals surface area contributed by atoms with Crippen LogP contribution in [-0.2, 0) is 0 Å². The number of halogens is 1. The van der Waals surface area contributed by atoms with Crippen LogP contribution in [0, 0.1) is 18.7 Å². The van der Waals surface area contributed by atoms with Gasteiger partial charge in [-0.05, 0) is 24.1 Å². The van der Waals surface area contributed by atoms with Crippen LogP contribution in [0.15, 0.2) is 18.2 Å². The third kappa shape index (κ3) is 1.83. The minimum atomic E-state index is -0.204. The molecule has 65 valence electrons. The molecular formula is C10H12FO. The second-order valence-corrected chi connectivity index (χ2v) is 2.90. The van der Waals surface area contributed by atoms with Gasteiger partial charge >= 0.3 is 0 Å². The van der Waals surface area contributed by atoms with Gasteiger partial charge in [0.2, 0.25) is 0 Å². The van der Waals surface area contributed by atoms with Crippen molar-refractivity contribution in [1.29, 1.82) is 0 Å². The van der Waals surface area contributed by atoms with Crippen molar-refractivity contribution in [3.8, 4) is 0 Å². The summed E-state index contributed by atoms with van der Waals surface area (Å²) < 4.78 is 12.8. The molecule has 0 bridgehead atoms. The Labute approximate surface area is 71.9 Å². The fraction of sp³-hybridized carbons (Fsp3) is 0.300. The fourth-order valence-corrected chi connectivity index (χ4v) is 1.00.